The van der Waals surface area contributed by atoms with E-state index in [1.165, 1.54) is 29.0 Å². The van der Waals surface area contributed by atoms with Gasteiger partial charge < -0.3 is 9.88 Å². The minimum absolute atomic E-state index is 0.167. The molecule has 0 spiro atoms. The lowest BCUT2D eigenvalue weighted by molar-refractivity contribution is 0.0918. The number of fused-ring (bicyclic) bond motifs is 1. The zero-order valence-electron chi connectivity index (χ0n) is 13.2. The molecule has 5 heteroatoms. The average Bonchev–Trinajstić information content (AvgIpc) is 2.53. The second kappa shape index (κ2) is 5.99. The number of aryl methyl sites for hydroxylation is 1. The Bertz CT molecular complexity index is 813. The number of amides is 1. The van der Waals surface area contributed by atoms with Crippen LogP contribution in [0.4, 0.5) is 4.39 Å². The Balaban J connectivity index is 1.90. The lowest BCUT2D eigenvalue weighted by Crippen LogP contribution is -2.36. The first kappa shape index (κ1) is 15.5. The van der Waals surface area contributed by atoms with Crippen LogP contribution in [-0.4, -0.2) is 10.5 Å². The summed E-state index contributed by atoms with van der Waals surface area (Å²) in [7, 11) is 1.60. The molecule has 1 heterocycles. The highest BCUT2D eigenvalue weighted by Crippen LogP contribution is 2.35. The van der Waals surface area contributed by atoms with E-state index in [1.54, 1.807) is 13.1 Å². The van der Waals surface area contributed by atoms with Gasteiger partial charge in [-0.25, -0.2) is 4.39 Å². The molecular formula is C18H19FN2O2. The van der Waals surface area contributed by atoms with Crippen LogP contribution >= 0.6 is 0 Å². The van der Waals surface area contributed by atoms with Crippen LogP contribution in [0.15, 0.2) is 41.3 Å². The summed E-state index contributed by atoms with van der Waals surface area (Å²) in [5, 5.41) is 2.99. The van der Waals surface area contributed by atoms with Crippen molar-refractivity contribution in [2.75, 3.05) is 0 Å². The monoisotopic (exact) mass is 314 g/mol. The first-order valence-corrected chi connectivity index (χ1v) is 7.72. The van der Waals surface area contributed by atoms with Gasteiger partial charge in [0.2, 0.25) is 5.56 Å². The van der Waals surface area contributed by atoms with Crippen molar-refractivity contribution in [3.8, 4) is 0 Å². The number of hydrogen-bond donors (Lipinski definition) is 1. The van der Waals surface area contributed by atoms with E-state index >= 15 is 0 Å². The molecule has 1 aliphatic rings. The van der Waals surface area contributed by atoms with E-state index in [2.05, 4.69) is 12.2 Å². The molecular weight excluding hydrogens is 295 g/mol. The Kier molecular flexibility index (Phi) is 4.03. The van der Waals surface area contributed by atoms with Crippen molar-refractivity contribution in [3.05, 3.63) is 69.4 Å². The van der Waals surface area contributed by atoms with E-state index < -0.39 is 0 Å². The minimum Gasteiger partial charge on any atom is -0.345 e. The first-order valence-electron chi connectivity index (χ1n) is 7.72. The fraction of sp³-hybridized carbons (Fsp3) is 0.333. The van der Waals surface area contributed by atoms with Gasteiger partial charge in [-0.3, -0.25) is 9.59 Å². The number of benzene rings is 1. The molecule has 0 aliphatic heterocycles. The Labute approximate surface area is 134 Å². The minimum atomic E-state index is -0.255. The molecule has 0 saturated carbocycles. The number of aromatic nitrogens is 1. The van der Waals surface area contributed by atoms with E-state index in [4.69, 9.17) is 0 Å². The molecule has 0 fully saturated rings. The van der Waals surface area contributed by atoms with Crippen molar-refractivity contribution >= 4 is 5.91 Å². The number of nitrogens with zero attached hydrogens (tertiary/aromatic N) is 1. The van der Waals surface area contributed by atoms with Gasteiger partial charge in [0.1, 0.15) is 5.82 Å². The molecule has 1 N–H and O–H groups in total. The second-order valence-electron chi connectivity index (χ2n) is 6.14. The largest absolute Gasteiger partial charge is 0.345 e. The summed E-state index contributed by atoms with van der Waals surface area (Å²) in [5.41, 5.74) is 1.79. The van der Waals surface area contributed by atoms with Crippen molar-refractivity contribution in [1.29, 1.82) is 0 Å². The molecule has 120 valence electrons. The maximum absolute atomic E-state index is 14.0. The molecule has 4 nitrogen and oxygen atoms in total. The lowest BCUT2D eigenvalue weighted by Gasteiger charge is -2.32. The van der Waals surface area contributed by atoms with Gasteiger partial charge in [-0.1, -0.05) is 19.1 Å². The fourth-order valence-corrected chi connectivity index (χ4v) is 3.15. The molecule has 1 amide bonds. The van der Waals surface area contributed by atoms with E-state index in [-0.39, 0.29) is 29.2 Å². The van der Waals surface area contributed by atoms with Gasteiger partial charge in [0.25, 0.3) is 5.91 Å². The zero-order valence-corrected chi connectivity index (χ0v) is 13.2. The third-order valence-corrected chi connectivity index (χ3v) is 4.54. The lowest BCUT2D eigenvalue weighted by atomic mass is 9.80. The van der Waals surface area contributed by atoms with Gasteiger partial charge in [0, 0.05) is 19.3 Å². The average molecular weight is 314 g/mol. The van der Waals surface area contributed by atoms with E-state index in [1.807, 2.05) is 6.07 Å². The number of hydrogen-bond acceptors (Lipinski definition) is 2. The fourth-order valence-electron chi connectivity index (χ4n) is 3.15. The van der Waals surface area contributed by atoms with Crippen molar-refractivity contribution in [3.63, 3.8) is 0 Å². The van der Waals surface area contributed by atoms with E-state index in [9.17, 15) is 14.0 Å². The number of halogens is 1. The third kappa shape index (κ3) is 2.91. The van der Waals surface area contributed by atoms with E-state index in [0.29, 0.717) is 17.5 Å². The maximum atomic E-state index is 14.0. The van der Waals surface area contributed by atoms with Gasteiger partial charge in [0.05, 0.1) is 11.6 Å². The zero-order chi connectivity index (χ0) is 16.6. The number of nitrogens with one attached hydrogen (secondary N) is 1. The molecule has 0 saturated heterocycles. The van der Waals surface area contributed by atoms with Crippen LogP contribution in [0.5, 0.6) is 0 Å². The summed E-state index contributed by atoms with van der Waals surface area (Å²) >= 11 is 0. The third-order valence-electron chi connectivity index (χ3n) is 4.54. The molecule has 1 aromatic heterocycles. The highest BCUT2D eigenvalue weighted by atomic mass is 19.1. The summed E-state index contributed by atoms with van der Waals surface area (Å²) in [6.07, 6.45) is 3.03. The number of carbonyl (C=O) groups excluding carboxylic acids is 1. The number of carbonyl (C=O) groups is 1. The van der Waals surface area contributed by atoms with Crippen molar-refractivity contribution in [2.45, 2.75) is 25.8 Å². The van der Waals surface area contributed by atoms with Crippen LogP contribution in [0.1, 0.15) is 40.9 Å². The molecule has 2 aromatic rings. The topological polar surface area (TPSA) is 51.1 Å². The summed E-state index contributed by atoms with van der Waals surface area (Å²) in [6.45, 7) is 2.06. The molecule has 2 unspecified atom stereocenters. The molecule has 0 bridgehead atoms. The molecule has 2 atom stereocenters. The molecule has 23 heavy (non-hydrogen) atoms. The first-order chi connectivity index (χ1) is 11.0. The van der Waals surface area contributed by atoms with Crippen LogP contribution in [0.25, 0.3) is 0 Å². The highest BCUT2D eigenvalue weighted by Gasteiger charge is 2.29. The normalized spacial score (nSPS) is 20.0. The summed E-state index contributed by atoms with van der Waals surface area (Å²) in [4.78, 5) is 23.9. The van der Waals surface area contributed by atoms with Gasteiger partial charge in [-0.2, -0.15) is 0 Å². The van der Waals surface area contributed by atoms with Crippen LogP contribution in [0, 0.1) is 11.7 Å². The van der Waals surface area contributed by atoms with Crippen LogP contribution < -0.4 is 10.9 Å². The predicted molar refractivity (Wildman–Crippen MR) is 85.8 cm³/mol. The predicted octanol–water partition coefficient (Wildman–Crippen LogP) is 2.58. The van der Waals surface area contributed by atoms with E-state index in [0.717, 1.165) is 12.0 Å². The maximum Gasteiger partial charge on any atom is 0.253 e. The van der Waals surface area contributed by atoms with Crippen molar-refractivity contribution in [2.24, 2.45) is 13.0 Å². The van der Waals surface area contributed by atoms with Crippen LogP contribution in [0.3, 0.4) is 0 Å². The molecule has 1 aromatic carbocycles. The summed E-state index contributed by atoms with van der Waals surface area (Å²) in [6, 6.07) is 7.67. The second-order valence-corrected chi connectivity index (χ2v) is 6.14. The van der Waals surface area contributed by atoms with Gasteiger partial charge in [0.15, 0.2) is 0 Å². The number of pyridine rings is 1. The Hall–Kier alpha value is -2.43. The van der Waals surface area contributed by atoms with Gasteiger partial charge >= 0.3 is 0 Å². The Morgan fingerprint density at radius 2 is 2.09 bits per heavy atom. The summed E-state index contributed by atoms with van der Waals surface area (Å²) in [5.74, 6) is -0.244. The van der Waals surface area contributed by atoms with Crippen molar-refractivity contribution in [1.82, 2.24) is 9.88 Å². The van der Waals surface area contributed by atoms with Crippen molar-refractivity contribution < 1.29 is 9.18 Å². The summed E-state index contributed by atoms with van der Waals surface area (Å²) < 4.78 is 15.3. The SMILES string of the molecule is CC1CCc2c(F)cccc2C1NC(=O)c1ccc(=O)n(C)c1. The molecule has 1 aliphatic carbocycles. The van der Waals surface area contributed by atoms with Crippen LogP contribution in [0.2, 0.25) is 0 Å². The molecule has 3 rings (SSSR count). The van der Waals surface area contributed by atoms with Gasteiger partial charge in [-0.05, 0) is 42.0 Å². The standard InChI is InChI=1S/C18H19FN2O2/c1-11-6-8-13-14(4-3-5-15(13)19)17(11)20-18(23)12-7-9-16(22)21(2)10-12/h3-5,7,9-11,17H,6,8H2,1-2H3,(H,20,23). The highest BCUT2D eigenvalue weighted by molar-refractivity contribution is 5.94. The molecule has 0 radical (unpaired) electrons. The Morgan fingerprint density at radius 1 is 1.30 bits per heavy atom. The Morgan fingerprint density at radius 3 is 2.83 bits per heavy atom. The van der Waals surface area contributed by atoms with Crippen LogP contribution in [-0.2, 0) is 13.5 Å². The number of rotatable bonds is 2. The van der Waals surface area contributed by atoms with Gasteiger partial charge in [-0.15, -0.1) is 0 Å². The quantitative estimate of drug-likeness (QED) is 0.926. The smallest absolute Gasteiger partial charge is 0.253 e.